The Hall–Kier alpha value is -0.0900. The number of hydrogen-bond acceptors (Lipinski definition) is 2. The van der Waals surface area contributed by atoms with Gasteiger partial charge in [0.05, 0.1) is 5.02 Å². The Balaban J connectivity index is 1.68. The largest absolute Gasteiger partial charge is 0.311 e. The van der Waals surface area contributed by atoms with E-state index in [2.05, 4.69) is 45.3 Å². The average Bonchev–Trinajstić information content (AvgIpc) is 3.13. The fourth-order valence-electron chi connectivity index (χ4n) is 1.84. The third-order valence-corrected chi connectivity index (χ3v) is 4.34. The number of benzene rings is 1. The van der Waals surface area contributed by atoms with E-state index in [0.29, 0.717) is 0 Å². The zero-order chi connectivity index (χ0) is 12.3. The minimum Gasteiger partial charge on any atom is -0.311 e. The van der Waals surface area contributed by atoms with Gasteiger partial charge in [0.2, 0.25) is 0 Å². The van der Waals surface area contributed by atoms with E-state index in [-0.39, 0.29) is 0 Å². The van der Waals surface area contributed by atoms with E-state index in [9.17, 15) is 0 Å². The molecular formula is C13H18BrClN2. The molecule has 17 heavy (non-hydrogen) atoms. The molecule has 0 aliphatic heterocycles. The molecule has 1 aromatic rings. The molecule has 1 N–H and O–H groups in total. The summed E-state index contributed by atoms with van der Waals surface area (Å²) in [5, 5.41) is 4.22. The van der Waals surface area contributed by atoms with Crippen LogP contribution in [-0.2, 0) is 6.54 Å². The van der Waals surface area contributed by atoms with Crippen LogP contribution in [0.15, 0.2) is 22.7 Å². The molecule has 0 spiro atoms. The van der Waals surface area contributed by atoms with E-state index in [4.69, 9.17) is 11.6 Å². The predicted octanol–water partition coefficient (Wildman–Crippen LogP) is 3.29. The summed E-state index contributed by atoms with van der Waals surface area (Å²) < 4.78 is 0.966. The van der Waals surface area contributed by atoms with Gasteiger partial charge in [0, 0.05) is 30.1 Å². The van der Waals surface area contributed by atoms with Crippen molar-refractivity contribution in [1.29, 1.82) is 0 Å². The van der Waals surface area contributed by atoms with Crippen molar-refractivity contribution in [2.45, 2.75) is 25.4 Å². The second kappa shape index (κ2) is 6.19. The van der Waals surface area contributed by atoms with E-state index >= 15 is 0 Å². The lowest BCUT2D eigenvalue weighted by molar-refractivity contribution is 0.321. The van der Waals surface area contributed by atoms with Crippen LogP contribution in [0.4, 0.5) is 0 Å². The first-order chi connectivity index (χ1) is 8.16. The zero-order valence-corrected chi connectivity index (χ0v) is 12.4. The van der Waals surface area contributed by atoms with Crippen molar-refractivity contribution in [1.82, 2.24) is 10.2 Å². The normalized spacial score (nSPS) is 15.5. The minimum atomic E-state index is 0.766. The van der Waals surface area contributed by atoms with Crippen molar-refractivity contribution in [3.63, 3.8) is 0 Å². The highest BCUT2D eigenvalue weighted by molar-refractivity contribution is 9.10. The molecule has 94 valence electrons. The number of hydrogen-bond donors (Lipinski definition) is 1. The highest BCUT2D eigenvalue weighted by atomic mass is 79.9. The third-order valence-electron chi connectivity index (χ3n) is 3.12. The minimum absolute atomic E-state index is 0.766. The maximum atomic E-state index is 5.95. The molecule has 1 aromatic carbocycles. The van der Waals surface area contributed by atoms with Crippen LogP contribution in [0.2, 0.25) is 5.02 Å². The smallest absolute Gasteiger partial charge is 0.0548 e. The van der Waals surface area contributed by atoms with Gasteiger partial charge in [-0.3, -0.25) is 0 Å². The molecule has 0 aromatic heterocycles. The SMILES string of the molecule is CN(CCNCc1ccc(Cl)c(Br)c1)C1CC1. The Morgan fingerprint density at radius 2 is 2.24 bits per heavy atom. The van der Waals surface area contributed by atoms with E-state index in [1.165, 1.54) is 18.4 Å². The van der Waals surface area contributed by atoms with Gasteiger partial charge in [-0.15, -0.1) is 0 Å². The Bertz CT molecular complexity index is 380. The van der Waals surface area contributed by atoms with Crippen LogP contribution in [0.1, 0.15) is 18.4 Å². The number of nitrogens with zero attached hydrogens (tertiary/aromatic N) is 1. The van der Waals surface area contributed by atoms with E-state index in [1.54, 1.807) is 0 Å². The zero-order valence-electron chi connectivity index (χ0n) is 10.0. The maximum absolute atomic E-state index is 5.95. The summed E-state index contributed by atoms with van der Waals surface area (Å²) in [4.78, 5) is 2.44. The first-order valence-corrected chi connectivity index (χ1v) is 7.19. The molecular weight excluding hydrogens is 300 g/mol. The van der Waals surface area contributed by atoms with Crippen LogP contribution >= 0.6 is 27.5 Å². The van der Waals surface area contributed by atoms with Crippen molar-refractivity contribution >= 4 is 27.5 Å². The Kier molecular flexibility index (Phi) is 4.86. The molecule has 1 saturated carbocycles. The number of halogens is 2. The van der Waals surface area contributed by atoms with Crippen LogP contribution in [0, 0.1) is 0 Å². The summed E-state index contributed by atoms with van der Waals surface area (Å²) in [6, 6.07) is 6.91. The molecule has 0 heterocycles. The lowest BCUT2D eigenvalue weighted by Gasteiger charge is -2.15. The molecule has 0 amide bonds. The second-order valence-electron chi connectivity index (χ2n) is 4.64. The van der Waals surface area contributed by atoms with Crippen molar-refractivity contribution in [3.05, 3.63) is 33.3 Å². The van der Waals surface area contributed by atoms with Gasteiger partial charge in [0.1, 0.15) is 0 Å². The second-order valence-corrected chi connectivity index (χ2v) is 5.90. The van der Waals surface area contributed by atoms with E-state index in [1.807, 2.05) is 6.07 Å². The first kappa shape index (κ1) is 13.3. The molecule has 0 unspecified atom stereocenters. The summed E-state index contributed by atoms with van der Waals surface area (Å²) in [5.74, 6) is 0. The van der Waals surface area contributed by atoms with Crippen LogP contribution in [0.5, 0.6) is 0 Å². The summed E-state index contributed by atoms with van der Waals surface area (Å²) in [6.45, 7) is 3.06. The molecule has 1 aliphatic rings. The van der Waals surface area contributed by atoms with Crippen LogP contribution in [0.25, 0.3) is 0 Å². The Morgan fingerprint density at radius 1 is 1.47 bits per heavy atom. The third kappa shape index (κ3) is 4.25. The van der Waals surface area contributed by atoms with Gasteiger partial charge in [-0.05, 0) is 53.5 Å². The molecule has 4 heteroatoms. The molecule has 2 rings (SSSR count). The number of rotatable bonds is 6. The first-order valence-electron chi connectivity index (χ1n) is 6.01. The van der Waals surface area contributed by atoms with Gasteiger partial charge >= 0.3 is 0 Å². The summed E-state index contributed by atoms with van der Waals surface area (Å²) >= 11 is 9.39. The average molecular weight is 318 g/mol. The van der Waals surface area contributed by atoms with Crippen molar-refractivity contribution in [3.8, 4) is 0 Å². The fraction of sp³-hybridized carbons (Fsp3) is 0.538. The van der Waals surface area contributed by atoms with Crippen LogP contribution in [-0.4, -0.2) is 31.1 Å². The topological polar surface area (TPSA) is 15.3 Å². The van der Waals surface area contributed by atoms with Crippen LogP contribution < -0.4 is 5.32 Å². The molecule has 0 atom stereocenters. The van der Waals surface area contributed by atoms with Crippen molar-refractivity contribution in [2.75, 3.05) is 20.1 Å². The summed E-state index contributed by atoms with van der Waals surface area (Å²) in [5.41, 5.74) is 1.26. The van der Waals surface area contributed by atoms with Gasteiger partial charge in [-0.25, -0.2) is 0 Å². The predicted molar refractivity (Wildman–Crippen MR) is 76.5 cm³/mol. The summed E-state index contributed by atoms with van der Waals surface area (Å²) in [7, 11) is 2.21. The molecule has 0 bridgehead atoms. The van der Waals surface area contributed by atoms with Gasteiger partial charge in [0.15, 0.2) is 0 Å². The molecule has 1 fully saturated rings. The molecule has 0 radical (unpaired) electrons. The summed E-state index contributed by atoms with van der Waals surface area (Å²) in [6.07, 6.45) is 2.75. The van der Waals surface area contributed by atoms with Crippen molar-refractivity contribution in [2.24, 2.45) is 0 Å². The van der Waals surface area contributed by atoms with E-state index in [0.717, 1.165) is 35.2 Å². The Morgan fingerprint density at radius 3 is 2.88 bits per heavy atom. The number of likely N-dealkylation sites (N-methyl/N-ethyl adjacent to an activating group) is 1. The monoisotopic (exact) mass is 316 g/mol. The van der Waals surface area contributed by atoms with Crippen LogP contribution in [0.3, 0.4) is 0 Å². The van der Waals surface area contributed by atoms with Gasteiger partial charge in [0.25, 0.3) is 0 Å². The standard InChI is InChI=1S/C13H18BrClN2/c1-17(11-3-4-11)7-6-16-9-10-2-5-13(15)12(14)8-10/h2,5,8,11,16H,3-4,6-7,9H2,1H3. The van der Waals surface area contributed by atoms with Crippen molar-refractivity contribution < 1.29 is 0 Å². The Labute approximate surface area is 116 Å². The number of nitrogens with one attached hydrogen (secondary N) is 1. The lowest BCUT2D eigenvalue weighted by Crippen LogP contribution is -2.30. The molecule has 2 nitrogen and oxygen atoms in total. The van der Waals surface area contributed by atoms with Gasteiger partial charge < -0.3 is 10.2 Å². The molecule has 0 saturated heterocycles. The van der Waals surface area contributed by atoms with Gasteiger partial charge in [-0.2, -0.15) is 0 Å². The lowest BCUT2D eigenvalue weighted by atomic mass is 10.2. The fourth-order valence-corrected chi connectivity index (χ4v) is 2.38. The highest BCUT2D eigenvalue weighted by Crippen LogP contribution is 2.25. The quantitative estimate of drug-likeness (QED) is 0.810. The highest BCUT2D eigenvalue weighted by Gasteiger charge is 2.25. The molecule has 1 aliphatic carbocycles. The maximum Gasteiger partial charge on any atom is 0.0548 e. The van der Waals surface area contributed by atoms with Gasteiger partial charge in [-0.1, -0.05) is 17.7 Å². The van der Waals surface area contributed by atoms with E-state index < -0.39 is 0 Å².